The third-order valence-electron chi connectivity index (χ3n) is 8.71. The van der Waals surface area contributed by atoms with Gasteiger partial charge < -0.3 is 14.3 Å². The van der Waals surface area contributed by atoms with Crippen molar-refractivity contribution in [2.24, 2.45) is 5.92 Å². The topological polar surface area (TPSA) is 49.6 Å². The molecule has 1 aliphatic carbocycles. The Kier molecular flexibility index (Phi) is 7.17. The van der Waals surface area contributed by atoms with Gasteiger partial charge in [-0.2, -0.15) is 0 Å². The Morgan fingerprint density at radius 3 is 2.62 bits per heavy atom. The highest BCUT2D eigenvalue weighted by Gasteiger charge is 2.36. The number of halogens is 3. The van der Waals surface area contributed by atoms with Gasteiger partial charge in [0.15, 0.2) is 5.58 Å². The molecule has 5 nitrogen and oxygen atoms in total. The molecule has 0 radical (unpaired) electrons. The number of hydrogen-bond donors (Lipinski definition) is 0. The largest absolute Gasteiger partial charge is 0.356 e. The van der Waals surface area contributed by atoms with E-state index in [1.54, 1.807) is 6.07 Å². The van der Waals surface area contributed by atoms with Crippen molar-refractivity contribution < 1.29 is 13.7 Å². The van der Waals surface area contributed by atoms with Crippen LogP contribution in [0.2, 0.25) is 10.0 Å². The molecule has 8 heteroatoms. The van der Waals surface area contributed by atoms with Crippen LogP contribution in [0.3, 0.4) is 0 Å². The zero-order valence-electron chi connectivity index (χ0n) is 20.9. The molecular weight excluding hydrogens is 512 g/mol. The van der Waals surface area contributed by atoms with E-state index in [1.165, 1.54) is 12.1 Å². The predicted molar refractivity (Wildman–Crippen MR) is 144 cm³/mol. The van der Waals surface area contributed by atoms with Gasteiger partial charge in [0.05, 0.1) is 21.8 Å². The monoisotopic (exact) mass is 543 g/mol. The number of aromatic nitrogens is 1. The van der Waals surface area contributed by atoms with Gasteiger partial charge in [-0.15, -0.1) is 0 Å². The van der Waals surface area contributed by atoms with Crippen molar-refractivity contribution in [1.29, 1.82) is 0 Å². The Morgan fingerprint density at radius 1 is 1.05 bits per heavy atom. The van der Waals surface area contributed by atoms with E-state index in [-0.39, 0.29) is 17.8 Å². The van der Waals surface area contributed by atoms with Gasteiger partial charge in [-0.05, 0) is 80.9 Å². The Labute approximate surface area is 226 Å². The van der Waals surface area contributed by atoms with Crippen molar-refractivity contribution in [2.45, 2.75) is 63.3 Å². The summed E-state index contributed by atoms with van der Waals surface area (Å²) in [6, 6.07) is 8.63. The summed E-state index contributed by atoms with van der Waals surface area (Å²) >= 11 is 13.0. The average molecular weight is 544 g/mol. The fourth-order valence-corrected chi connectivity index (χ4v) is 7.12. The molecule has 1 aromatic heterocycles. The van der Waals surface area contributed by atoms with Gasteiger partial charge in [0.1, 0.15) is 5.82 Å². The van der Waals surface area contributed by atoms with E-state index < -0.39 is 0 Å². The number of nitrogens with zero attached hydrogens (tertiary/aromatic N) is 3. The molecular formula is C29H32Cl2FN3O2. The Bertz CT molecular complexity index is 1300. The maximum Gasteiger partial charge on any atom is 0.226 e. The minimum absolute atomic E-state index is 0.0266. The first kappa shape index (κ1) is 25.1. The summed E-state index contributed by atoms with van der Waals surface area (Å²) < 4.78 is 18.9. The first-order valence-electron chi connectivity index (χ1n) is 13.5. The summed E-state index contributed by atoms with van der Waals surface area (Å²) in [7, 11) is 0. The Hall–Kier alpha value is -2.15. The van der Waals surface area contributed by atoms with Crippen molar-refractivity contribution in [1.82, 2.24) is 15.0 Å². The lowest BCUT2D eigenvalue weighted by Crippen LogP contribution is -2.44. The zero-order chi connectivity index (χ0) is 25.5. The lowest BCUT2D eigenvalue weighted by Gasteiger charge is -2.41. The molecule has 196 valence electrons. The van der Waals surface area contributed by atoms with Crippen molar-refractivity contribution >= 4 is 40.1 Å². The number of benzene rings is 2. The molecule has 1 amide bonds. The number of fused-ring (bicyclic) bond motifs is 2. The Morgan fingerprint density at radius 2 is 1.84 bits per heavy atom. The Balaban J connectivity index is 1.15. The quantitative estimate of drug-likeness (QED) is 0.342. The van der Waals surface area contributed by atoms with E-state index in [9.17, 15) is 9.18 Å². The molecule has 1 saturated heterocycles. The van der Waals surface area contributed by atoms with E-state index in [2.05, 4.69) is 21.0 Å². The molecule has 0 bridgehead atoms. The summed E-state index contributed by atoms with van der Waals surface area (Å²) in [6.45, 7) is 3.53. The molecule has 1 saturated carbocycles. The van der Waals surface area contributed by atoms with Crippen molar-refractivity contribution in [3.05, 3.63) is 63.0 Å². The maximum absolute atomic E-state index is 13.5. The van der Waals surface area contributed by atoms with Crippen LogP contribution in [-0.2, 0) is 11.2 Å². The number of carbonyl (C=O) groups excluding carboxylic acids is 1. The molecule has 2 aliphatic heterocycles. The SMILES string of the molecule is O=C(C1CCCC1)N1CCc2c(ccc(Cl)c2Cl)C1CCN1CCC(c2noc3cc(F)ccc23)CC1. The predicted octanol–water partition coefficient (Wildman–Crippen LogP) is 7.16. The summed E-state index contributed by atoms with van der Waals surface area (Å²) in [5.74, 6) is 0.471. The molecule has 1 atom stereocenters. The lowest BCUT2D eigenvalue weighted by atomic mass is 9.88. The lowest BCUT2D eigenvalue weighted by molar-refractivity contribution is -0.138. The van der Waals surface area contributed by atoms with Crippen LogP contribution in [0.5, 0.6) is 0 Å². The van der Waals surface area contributed by atoms with Crippen LogP contribution in [0.25, 0.3) is 11.0 Å². The van der Waals surface area contributed by atoms with Gasteiger partial charge in [0, 0.05) is 36.4 Å². The highest BCUT2D eigenvalue weighted by molar-refractivity contribution is 6.42. The fourth-order valence-electron chi connectivity index (χ4n) is 6.67. The van der Waals surface area contributed by atoms with E-state index in [0.29, 0.717) is 34.0 Å². The molecule has 1 unspecified atom stereocenters. The average Bonchev–Trinajstić information content (AvgIpc) is 3.60. The number of hydrogen-bond acceptors (Lipinski definition) is 4. The molecule has 6 rings (SSSR count). The van der Waals surface area contributed by atoms with Gasteiger partial charge in [-0.25, -0.2) is 4.39 Å². The number of carbonyl (C=O) groups is 1. The van der Waals surface area contributed by atoms with Crippen LogP contribution >= 0.6 is 23.2 Å². The number of amides is 1. The standard InChI is InChI=1S/C29H32Cl2FN3O2/c30-24-8-7-21-22(27(24)31)11-16-35(29(36)19-3-1-2-4-19)25(21)12-15-34-13-9-18(10-14-34)28-23-6-5-20(32)17-26(23)37-33-28/h5-8,17-19,25H,1-4,9-16H2. The third kappa shape index (κ3) is 4.88. The van der Waals surface area contributed by atoms with Crippen LogP contribution < -0.4 is 0 Å². The molecule has 0 spiro atoms. The smallest absolute Gasteiger partial charge is 0.226 e. The minimum atomic E-state index is -0.307. The molecule has 3 aromatic rings. The summed E-state index contributed by atoms with van der Waals surface area (Å²) in [5, 5.41) is 6.42. The molecule has 37 heavy (non-hydrogen) atoms. The van der Waals surface area contributed by atoms with Crippen molar-refractivity contribution in [2.75, 3.05) is 26.2 Å². The normalized spacial score (nSPS) is 21.6. The van der Waals surface area contributed by atoms with Gasteiger partial charge >= 0.3 is 0 Å². The van der Waals surface area contributed by atoms with Gasteiger partial charge in [-0.3, -0.25) is 4.79 Å². The summed E-state index contributed by atoms with van der Waals surface area (Å²) in [6.07, 6.45) is 7.90. The molecule has 2 aromatic carbocycles. The van der Waals surface area contributed by atoms with Crippen LogP contribution in [0.1, 0.15) is 73.7 Å². The first-order valence-corrected chi connectivity index (χ1v) is 14.3. The van der Waals surface area contributed by atoms with Crippen LogP contribution in [0.15, 0.2) is 34.9 Å². The molecule has 2 fully saturated rings. The number of rotatable bonds is 5. The highest BCUT2D eigenvalue weighted by Crippen LogP contribution is 2.41. The fraction of sp³-hybridized carbons (Fsp3) is 0.517. The number of piperidine rings is 1. The maximum atomic E-state index is 13.5. The molecule has 3 aliphatic rings. The van der Waals surface area contributed by atoms with E-state index >= 15 is 0 Å². The van der Waals surface area contributed by atoms with Gasteiger partial charge in [0.25, 0.3) is 0 Å². The van der Waals surface area contributed by atoms with Crippen LogP contribution in [-0.4, -0.2) is 47.0 Å². The molecule has 0 N–H and O–H groups in total. The van der Waals surface area contributed by atoms with Crippen LogP contribution in [0, 0.1) is 11.7 Å². The zero-order valence-corrected chi connectivity index (χ0v) is 22.4. The van der Waals surface area contributed by atoms with Crippen molar-refractivity contribution in [3.63, 3.8) is 0 Å². The summed E-state index contributed by atoms with van der Waals surface area (Å²) in [4.78, 5) is 18.2. The second-order valence-corrected chi connectivity index (χ2v) is 11.6. The van der Waals surface area contributed by atoms with E-state index in [1.807, 2.05) is 6.07 Å². The summed E-state index contributed by atoms with van der Waals surface area (Å²) in [5.41, 5.74) is 3.71. The second kappa shape index (κ2) is 10.5. The van der Waals surface area contributed by atoms with Gasteiger partial charge in [-0.1, -0.05) is 47.3 Å². The second-order valence-electron chi connectivity index (χ2n) is 10.8. The van der Waals surface area contributed by atoms with E-state index in [0.717, 1.165) is 93.2 Å². The number of likely N-dealkylation sites (tertiary alicyclic amines) is 1. The third-order valence-corrected chi connectivity index (χ3v) is 9.56. The van der Waals surface area contributed by atoms with Crippen molar-refractivity contribution in [3.8, 4) is 0 Å². The highest BCUT2D eigenvalue weighted by atomic mass is 35.5. The molecule has 3 heterocycles. The minimum Gasteiger partial charge on any atom is -0.356 e. The van der Waals surface area contributed by atoms with E-state index in [4.69, 9.17) is 27.7 Å². The van der Waals surface area contributed by atoms with Gasteiger partial charge in [0.2, 0.25) is 5.91 Å². The first-order chi connectivity index (χ1) is 18.0. The van der Waals surface area contributed by atoms with Crippen LogP contribution in [0.4, 0.5) is 4.39 Å².